The molecule has 0 atom stereocenters. The van der Waals surface area contributed by atoms with E-state index in [4.69, 9.17) is 4.74 Å². The highest BCUT2D eigenvalue weighted by Gasteiger charge is 2.08. The van der Waals surface area contributed by atoms with E-state index >= 15 is 0 Å². The highest BCUT2D eigenvalue weighted by Crippen LogP contribution is 2.17. The summed E-state index contributed by atoms with van der Waals surface area (Å²) in [5.41, 5.74) is 1.96. The normalized spacial score (nSPS) is 10.7. The second kappa shape index (κ2) is 6.53. The van der Waals surface area contributed by atoms with Crippen molar-refractivity contribution in [1.82, 2.24) is 0 Å². The van der Waals surface area contributed by atoms with E-state index in [0.29, 0.717) is 6.42 Å². The third kappa shape index (κ3) is 4.21. The summed E-state index contributed by atoms with van der Waals surface area (Å²) in [6.45, 7) is 3.95. The second-order valence-electron chi connectivity index (χ2n) is 4.75. The number of Topliss-reactive ketones (excluding diaryl/α,β-unsaturated/α-hetero) is 1. The predicted octanol–water partition coefficient (Wildman–Crippen LogP) is 4.35. The van der Waals surface area contributed by atoms with E-state index in [-0.39, 0.29) is 11.9 Å². The van der Waals surface area contributed by atoms with Gasteiger partial charge in [-0.2, -0.15) is 11.3 Å². The zero-order valence-corrected chi connectivity index (χ0v) is 12.1. The third-order valence-electron chi connectivity index (χ3n) is 2.75. The molecule has 0 N–H and O–H groups in total. The topological polar surface area (TPSA) is 26.3 Å². The molecule has 0 aliphatic carbocycles. The maximum absolute atomic E-state index is 12.1. The van der Waals surface area contributed by atoms with Crippen LogP contribution < -0.4 is 4.74 Å². The zero-order valence-electron chi connectivity index (χ0n) is 11.3. The van der Waals surface area contributed by atoms with Crippen LogP contribution in [-0.2, 0) is 6.42 Å². The van der Waals surface area contributed by atoms with E-state index in [9.17, 15) is 4.79 Å². The van der Waals surface area contributed by atoms with Gasteiger partial charge in [0.1, 0.15) is 5.75 Å². The van der Waals surface area contributed by atoms with Gasteiger partial charge in [0.25, 0.3) is 0 Å². The molecule has 1 aromatic heterocycles. The lowest BCUT2D eigenvalue weighted by atomic mass is 10.0. The van der Waals surface area contributed by atoms with E-state index in [2.05, 4.69) is 11.4 Å². The van der Waals surface area contributed by atoms with Crippen molar-refractivity contribution in [2.45, 2.75) is 32.8 Å². The first kappa shape index (κ1) is 13.8. The summed E-state index contributed by atoms with van der Waals surface area (Å²) in [7, 11) is 0. The van der Waals surface area contributed by atoms with Crippen molar-refractivity contribution >= 4 is 17.1 Å². The van der Waals surface area contributed by atoms with Gasteiger partial charge in [0.15, 0.2) is 5.78 Å². The van der Waals surface area contributed by atoms with Crippen molar-refractivity contribution in [3.63, 3.8) is 0 Å². The van der Waals surface area contributed by atoms with Gasteiger partial charge in [-0.3, -0.25) is 4.79 Å². The largest absolute Gasteiger partial charge is 0.491 e. The van der Waals surface area contributed by atoms with Crippen LogP contribution in [0.3, 0.4) is 0 Å². The van der Waals surface area contributed by atoms with Crippen molar-refractivity contribution in [2.24, 2.45) is 0 Å². The highest BCUT2D eigenvalue weighted by molar-refractivity contribution is 7.07. The monoisotopic (exact) mass is 274 g/mol. The molecule has 0 bridgehead atoms. The molecule has 0 amide bonds. The molecule has 0 saturated carbocycles. The van der Waals surface area contributed by atoms with Crippen molar-refractivity contribution in [2.75, 3.05) is 0 Å². The van der Waals surface area contributed by atoms with Gasteiger partial charge in [-0.05, 0) is 54.8 Å². The Morgan fingerprint density at radius 3 is 2.84 bits per heavy atom. The van der Waals surface area contributed by atoms with Crippen LogP contribution in [0.2, 0.25) is 0 Å². The molecule has 0 unspecified atom stereocenters. The minimum atomic E-state index is 0.121. The summed E-state index contributed by atoms with van der Waals surface area (Å²) < 4.78 is 5.60. The van der Waals surface area contributed by atoms with E-state index < -0.39 is 0 Å². The number of carbonyl (C=O) groups is 1. The minimum Gasteiger partial charge on any atom is -0.491 e. The van der Waals surface area contributed by atoms with E-state index in [1.807, 2.05) is 43.5 Å². The van der Waals surface area contributed by atoms with Crippen molar-refractivity contribution in [3.05, 3.63) is 52.2 Å². The maximum Gasteiger partial charge on any atom is 0.163 e. The molecule has 0 spiro atoms. The van der Waals surface area contributed by atoms with E-state index in [1.165, 1.54) is 5.56 Å². The molecule has 0 aliphatic heterocycles. The molecule has 2 aromatic rings. The standard InChI is InChI=1S/C16H18O2S/c1-12(2)18-15-5-3-4-14(10-15)16(17)7-6-13-8-9-19-11-13/h3-5,8-12H,6-7H2,1-2H3. The Balaban J connectivity index is 1.98. The number of ether oxygens (including phenoxy) is 1. The summed E-state index contributed by atoms with van der Waals surface area (Å²) in [4.78, 5) is 12.1. The lowest BCUT2D eigenvalue weighted by molar-refractivity contribution is 0.0982. The lowest BCUT2D eigenvalue weighted by Gasteiger charge is -2.10. The van der Waals surface area contributed by atoms with Crippen LogP contribution >= 0.6 is 11.3 Å². The quantitative estimate of drug-likeness (QED) is 0.732. The molecule has 0 fully saturated rings. The van der Waals surface area contributed by atoms with Crippen molar-refractivity contribution in [3.8, 4) is 5.75 Å². The van der Waals surface area contributed by atoms with Crippen LogP contribution in [0.5, 0.6) is 5.75 Å². The number of carbonyl (C=O) groups excluding carboxylic acids is 1. The molecular weight excluding hydrogens is 256 g/mol. The SMILES string of the molecule is CC(C)Oc1cccc(C(=O)CCc2ccsc2)c1. The van der Waals surface area contributed by atoms with Crippen LogP contribution in [0.4, 0.5) is 0 Å². The zero-order chi connectivity index (χ0) is 13.7. The smallest absolute Gasteiger partial charge is 0.163 e. The van der Waals surface area contributed by atoms with Gasteiger partial charge in [-0.15, -0.1) is 0 Å². The first-order valence-electron chi connectivity index (χ1n) is 6.46. The Morgan fingerprint density at radius 2 is 2.16 bits per heavy atom. The molecule has 3 heteroatoms. The van der Waals surface area contributed by atoms with Gasteiger partial charge in [-0.25, -0.2) is 0 Å². The number of thiophene rings is 1. The third-order valence-corrected chi connectivity index (χ3v) is 3.48. The van der Waals surface area contributed by atoms with Crippen LogP contribution in [0.25, 0.3) is 0 Å². The van der Waals surface area contributed by atoms with Crippen LogP contribution in [-0.4, -0.2) is 11.9 Å². The second-order valence-corrected chi connectivity index (χ2v) is 5.53. The van der Waals surface area contributed by atoms with E-state index in [0.717, 1.165) is 17.7 Å². The van der Waals surface area contributed by atoms with Gasteiger partial charge in [0.2, 0.25) is 0 Å². The summed E-state index contributed by atoms with van der Waals surface area (Å²) in [6.07, 6.45) is 1.47. The number of ketones is 1. The van der Waals surface area contributed by atoms with E-state index in [1.54, 1.807) is 11.3 Å². The molecule has 2 nitrogen and oxygen atoms in total. The van der Waals surface area contributed by atoms with Gasteiger partial charge >= 0.3 is 0 Å². The summed E-state index contributed by atoms with van der Waals surface area (Å²) >= 11 is 1.67. The lowest BCUT2D eigenvalue weighted by Crippen LogP contribution is -2.07. The molecule has 2 rings (SSSR count). The van der Waals surface area contributed by atoms with Gasteiger partial charge < -0.3 is 4.74 Å². The Morgan fingerprint density at radius 1 is 1.32 bits per heavy atom. The predicted molar refractivity (Wildman–Crippen MR) is 79.2 cm³/mol. The average molecular weight is 274 g/mol. The van der Waals surface area contributed by atoms with Crippen LogP contribution in [0.1, 0.15) is 36.2 Å². The first-order chi connectivity index (χ1) is 9.15. The summed E-state index contributed by atoms with van der Waals surface area (Å²) in [6, 6.07) is 9.50. The Hall–Kier alpha value is -1.61. The van der Waals surface area contributed by atoms with Crippen LogP contribution in [0.15, 0.2) is 41.1 Å². The maximum atomic E-state index is 12.1. The molecule has 100 valence electrons. The highest BCUT2D eigenvalue weighted by atomic mass is 32.1. The Bertz CT molecular complexity index is 529. The Labute approximate surface area is 118 Å². The number of hydrogen-bond donors (Lipinski definition) is 0. The fraction of sp³-hybridized carbons (Fsp3) is 0.312. The molecule has 1 aromatic carbocycles. The number of benzene rings is 1. The Kier molecular flexibility index (Phi) is 4.74. The molecule has 0 aliphatic rings. The van der Waals surface area contributed by atoms with Crippen molar-refractivity contribution < 1.29 is 9.53 Å². The fourth-order valence-electron chi connectivity index (χ4n) is 1.85. The van der Waals surface area contributed by atoms with Crippen molar-refractivity contribution in [1.29, 1.82) is 0 Å². The number of hydrogen-bond acceptors (Lipinski definition) is 3. The summed E-state index contributed by atoms with van der Waals surface area (Å²) in [5, 5.41) is 4.13. The number of aryl methyl sites for hydroxylation is 1. The molecule has 0 saturated heterocycles. The average Bonchev–Trinajstić information content (AvgIpc) is 2.88. The van der Waals surface area contributed by atoms with Gasteiger partial charge in [-0.1, -0.05) is 12.1 Å². The molecule has 0 radical (unpaired) electrons. The first-order valence-corrected chi connectivity index (χ1v) is 7.40. The van der Waals surface area contributed by atoms with Gasteiger partial charge in [0.05, 0.1) is 6.10 Å². The minimum absolute atomic E-state index is 0.121. The summed E-state index contributed by atoms with van der Waals surface area (Å²) in [5.74, 6) is 0.928. The van der Waals surface area contributed by atoms with Gasteiger partial charge in [0, 0.05) is 12.0 Å². The number of rotatable bonds is 6. The molecule has 19 heavy (non-hydrogen) atoms. The molecular formula is C16H18O2S. The molecule has 1 heterocycles. The fourth-order valence-corrected chi connectivity index (χ4v) is 2.56. The van der Waals surface area contributed by atoms with Crippen LogP contribution in [0, 0.1) is 0 Å².